The Kier molecular flexibility index (Phi) is 13.3. The number of benzene rings is 1. The number of hydrogen-bond donors (Lipinski definition) is 2. The minimum atomic E-state index is -0.0608. The normalized spacial score (nSPS) is 12.3. The molecule has 0 saturated heterocycles. The minimum absolute atomic E-state index is 0. The number of halogens is 2. The Labute approximate surface area is 161 Å². The van der Waals surface area contributed by atoms with Crippen molar-refractivity contribution < 1.29 is 9.47 Å². The van der Waals surface area contributed by atoms with Gasteiger partial charge in [0.25, 0.3) is 0 Å². The summed E-state index contributed by atoms with van der Waals surface area (Å²) in [7, 11) is 1.70. The lowest BCUT2D eigenvalue weighted by atomic mass is 10.3. The second kappa shape index (κ2) is 13.7. The van der Waals surface area contributed by atoms with Crippen LogP contribution in [-0.2, 0) is 4.74 Å². The zero-order valence-electron chi connectivity index (χ0n) is 14.0. The largest absolute Gasteiger partial charge is 0.487 e. The molecule has 1 atom stereocenters. The minimum Gasteiger partial charge on any atom is -0.487 e. The van der Waals surface area contributed by atoms with E-state index in [1.807, 2.05) is 38.1 Å². The van der Waals surface area contributed by atoms with Crippen molar-refractivity contribution in [3.8, 4) is 5.75 Å². The molecule has 0 aromatic heterocycles. The molecular formula is C16H27ClIN3O2. The molecule has 0 bridgehead atoms. The van der Waals surface area contributed by atoms with E-state index in [9.17, 15) is 0 Å². The summed E-state index contributed by atoms with van der Waals surface area (Å²) in [5.74, 6) is 1.47. The third-order valence-corrected chi connectivity index (χ3v) is 3.15. The Bertz CT molecular complexity index is 461. The Balaban J connectivity index is 0.00000484. The van der Waals surface area contributed by atoms with Crippen LogP contribution >= 0.6 is 35.6 Å². The lowest BCUT2D eigenvalue weighted by molar-refractivity contribution is 0.195. The van der Waals surface area contributed by atoms with Crippen LogP contribution in [0.1, 0.15) is 20.3 Å². The molecule has 0 spiro atoms. The number of aliphatic imine (C=N–C) groups is 1. The average Bonchev–Trinajstić information content (AvgIpc) is 2.51. The summed E-state index contributed by atoms with van der Waals surface area (Å²) >= 11 is 6.08. The second-order valence-corrected chi connectivity index (χ2v) is 5.26. The Morgan fingerprint density at radius 3 is 2.70 bits per heavy atom. The molecule has 5 nitrogen and oxygen atoms in total. The first kappa shape index (κ1) is 22.3. The van der Waals surface area contributed by atoms with E-state index in [2.05, 4.69) is 15.6 Å². The number of guanidine groups is 1. The number of para-hydroxylation sites is 1. The van der Waals surface area contributed by atoms with E-state index in [0.29, 0.717) is 17.3 Å². The quantitative estimate of drug-likeness (QED) is 0.260. The highest BCUT2D eigenvalue weighted by molar-refractivity contribution is 14.0. The second-order valence-electron chi connectivity index (χ2n) is 4.85. The van der Waals surface area contributed by atoms with Gasteiger partial charge in [-0.3, -0.25) is 0 Å². The van der Waals surface area contributed by atoms with E-state index in [-0.39, 0.29) is 30.1 Å². The lowest BCUT2D eigenvalue weighted by Gasteiger charge is -2.15. The maximum atomic E-state index is 6.08. The fraction of sp³-hybridized carbons (Fsp3) is 0.562. The van der Waals surface area contributed by atoms with Crippen molar-refractivity contribution in [2.75, 3.05) is 33.4 Å². The first-order valence-corrected chi connectivity index (χ1v) is 7.97. The predicted octanol–water partition coefficient (Wildman–Crippen LogP) is 3.32. The van der Waals surface area contributed by atoms with Crippen LogP contribution in [-0.4, -0.2) is 45.4 Å². The van der Waals surface area contributed by atoms with Crippen LogP contribution in [0.3, 0.4) is 0 Å². The van der Waals surface area contributed by atoms with Crippen molar-refractivity contribution in [1.82, 2.24) is 10.6 Å². The molecule has 0 aliphatic rings. The summed E-state index contributed by atoms with van der Waals surface area (Å²) in [4.78, 5) is 4.52. The lowest BCUT2D eigenvalue weighted by Crippen LogP contribution is -2.38. The summed E-state index contributed by atoms with van der Waals surface area (Å²) < 4.78 is 10.8. The molecule has 7 heteroatoms. The molecule has 23 heavy (non-hydrogen) atoms. The molecule has 132 valence electrons. The maximum Gasteiger partial charge on any atom is 0.191 e. The van der Waals surface area contributed by atoms with Gasteiger partial charge in [-0.05, 0) is 32.4 Å². The van der Waals surface area contributed by atoms with Gasteiger partial charge in [0, 0.05) is 26.8 Å². The van der Waals surface area contributed by atoms with Gasteiger partial charge in [0.05, 0.1) is 11.6 Å². The van der Waals surface area contributed by atoms with Gasteiger partial charge in [-0.25, -0.2) is 4.99 Å². The first-order valence-electron chi connectivity index (χ1n) is 7.59. The van der Waals surface area contributed by atoms with E-state index in [0.717, 1.165) is 32.1 Å². The van der Waals surface area contributed by atoms with E-state index in [1.165, 1.54) is 0 Å². The summed E-state index contributed by atoms with van der Waals surface area (Å²) in [6.45, 7) is 6.93. The fourth-order valence-electron chi connectivity index (χ4n) is 1.78. The third-order valence-electron chi connectivity index (χ3n) is 2.83. The highest BCUT2D eigenvalue weighted by Gasteiger charge is 2.07. The van der Waals surface area contributed by atoms with Gasteiger partial charge in [0.2, 0.25) is 0 Å². The van der Waals surface area contributed by atoms with E-state index >= 15 is 0 Å². The predicted molar refractivity (Wildman–Crippen MR) is 107 cm³/mol. The highest BCUT2D eigenvalue weighted by Crippen LogP contribution is 2.24. The van der Waals surface area contributed by atoms with Gasteiger partial charge in [-0.2, -0.15) is 0 Å². The molecule has 1 rings (SSSR count). The van der Waals surface area contributed by atoms with Crippen molar-refractivity contribution >= 4 is 41.5 Å². The number of nitrogens with one attached hydrogen (secondary N) is 2. The number of methoxy groups -OCH3 is 1. The summed E-state index contributed by atoms with van der Waals surface area (Å²) in [6.07, 6.45) is 0.876. The van der Waals surface area contributed by atoms with Crippen molar-refractivity contribution in [3.05, 3.63) is 29.3 Å². The van der Waals surface area contributed by atoms with Gasteiger partial charge in [0.1, 0.15) is 11.9 Å². The third kappa shape index (κ3) is 9.88. The molecule has 1 unspecified atom stereocenters. The Morgan fingerprint density at radius 2 is 2.04 bits per heavy atom. The molecule has 0 fully saturated rings. The molecular weight excluding hydrogens is 429 g/mol. The molecule has 0 amide bonds. The smallest absolute Gasteiger partial charge is 0.191 e. The van der Waals surface area contributed by atoms with E-state index < -0.39 is 0 Å². The van der Waals surface area contributed by atoms with Crippen LogP contribution in [0.15, 0.2) is 29.3 Å². The monoisotopic (exact) mass is 455 g/mol. The van der Waals surface area contributed by atoms with Crippen LogP contribution in [0.4, 0.5) is 0 Å². The number of ether oxygens (including phenoxy) is 2. The van der Waals surface area contributed by atoms with Crippen molar-refractivity contribution in [3.63, 3.8) is 0 Å². The van der Waals surface area contributed by atoms with E-state index in [4.69, 9.17) is 21.1 Å². The van der Waals surface area contributed by atoms with Crippen LogP contribution in [0.25, 0.3) is 0 Å². The molecule has 2 N–H and O–H groups in total. The average molecular weight is 456 g/mol. The SMILES string of the molecule is CCNC(=NCC(C)Oc1ccccc1Cl)NCCCOC.I. The zero-order valence-corrected chi connectivity index (χ0v) is 17.1. The standard InChI is InChI=1S/C16H26ClN3O2.HI/c1-4-18-16(19-10-7-11-21-3)20-12-13(2)22-15-9-6-5-8-14(15)17;/h5-6,8-9,13H,4,7,10-12H2,1-3H3,(H2,18,19,20);1H. The molecule has 0 radical (unpaired) electrons. The molecule has 0 aliphatic carbocycles. The maximum absolute atomic E-state index is 6.08. The van der Waals surface area contributed by atoms with Crippen molar-refractivity contribution in [1.29, 1.82) is 0 Å². The van der Waals surface area contributed by atoms with Crippen LogP contribution in [0.5, 0.6) is 5.75 Å². The van der Waals surface area contributed by atoms with Gasteiger partial charge >= 0.3 is 0 Å². The van der Waals surface area contributed by atoms with Crippen molar-refractivity contribution in [2.24, 2.45) is 4.99 Å². The molecule has 0 aliphatic heterocycles. The van der Waals surface area contributed by atoms with Crippen LogP contribution in [0, 0.1) is 0 Å². The van der Waals surface area contributed by atoms with Gasteiger partial charge in [-0.15, -0.1) is 24.0 Å². The summed E-state index contributed by atoms with van der Waals surface area (Å²) in [5.41, 5.74) is 0. The van der Waals surface area contributed by atoms with Gasteiger partial charge in [-0.1, -0.05) is 23.7 Å². The van der Waals surface area contributed by atoms with Gasteiger partial charge in [0.15, 0.2) is 5.96 Å². The van der Waals surface area contributed by atoms with Crippen LogP contribution in [0.2, 0.25) is 5.02 Å². The first-order chi connectivity index (χ1) is 10.7. The molecule has 1 aromatic carbocycles. The number of rotatable bonds is 9. The van der Waals surface area contributed by atoms with E-state index in [1.54, 1.807) is 7.11 Å². The molecule has 0 heterocycles. The number of nitrogens with zero attached hydrogens (tertiary/aromatic N) is 1. The number of hydrogen-bond acceptors (Lipinski definition) is 3. The van der Waals surface area contributed by atoms with Crippen molar-refractivity contribution in [2.45, 2.75) is 26.4 Å². The van der Waals surface area contributed by atoms with Crippen LogP contribution < -0.4 is 15.4 Å². The zero-order chi connectivity index (χ0) is 16.2. The summed E-state index contributed by atoms with van der Waals surface area (Å²) in [6, 6.07) is 7.45. The summed E-state index contributed by atoms with van der Waals surface area (Å²) in [5, 5.41) is 7.08. The molecule has 1 aromatic rings. The highest BCUT2D eigenvalue weighted by atomic mass is 127. The van der Waals surface area contributed by atoms with Gasteiger partial charge < -0.3 is 20.1 Å². The Morgan fingerprint density at radius 1 is 1.30 bits per heavy atom. The topological polar surface area (TPSA) is 54.9 Å². The fourth-order valence-corrected chi connectivity index (χ4v) is 1.96. The Hall–Kier alpha value is -0.730. The molecule has 0 saturated carbocycles.